The number of benzene rings is 1. The standard InChI is InChI=1S/C15H18ClNO2/c1-17(10-11-3-2-4-11)14-9-13(16)7-5-12(14)6-8-15(18)19/h5-9,11H,2-4,10H2,1H3,(H,18,19)/b8-6+. The fourth-order valence-electron chi connectivity index (χ4n) is 2.31. The molecule has 0 amide bonds. The number of rotatable bonds is 5. The van der Waals surface area contributed by atoms with Gasteiger partial charge in [0, 0.05) is 30.4 Å². The maximum Gasteiger partial charge on any atom is 0.328 e. The second-order valence-corrected chi connectivity index (χ2v) is 5.49. The lowest BCUT2D eigenvalue weighted by Gasteiger charge is -2.32. The van der Waals surface area contributed by atoms with Gasteiger partial charge in [-0.05, 0) is 42.5 Å². The molecule has 19 heavy (non-hydrogen) atoms. The third-order valence-corrected chi connectivity index (χ3v) is 3.80. The SMILES string of the molecule is CN(CC1CCC1)c1cc(Cl)ccc1/C=C/C(=O)O. The molecule has 1 fully saturated rings. The molecule has 4 heteroatoms. The number of carboxylic acid groups (broad SMARTS) is 1. The number of aliphatic carboxylic acids is 1. The molecule has 1 aromatic carbocycles. The van der Waals surface area contributed by atoms with Gasteiger partial charge in [-0.2, -0.15) is 0 Å². The second-order valence-electron chi connectivity index (χ2n) is 5.05. The zero-order chi connectivity index (χ0) is 13.8. The molecule has 0 aromatic heterocycles. The molecule has 1 saturated carbocycles. The Morgan fingerprint density at radius 1 is 1.53 bits per heavy atom. The van der Waals surface area contributed by atoms with Crippen molar-refractivity contribution in [2.45, 2.75) is 19.3 Å². The van der Waals surface area contributed by atoms with Crippen LogP contribution in [0, 0.1) is 5.92 Å². The van der Waals surface area contributed by atoms with Crippen molar-refractivity contribution in [3.05, 3.63) is 34.9 Å². The molecule has 2 rings (SSSR count). The Labute approximate surface area is 118 Å². The number of hydrogen-bond acceptors (Lipinski definition) is 2. The van der Waals surface area contributed by atoms with Gasteiger partial charge in [-0.3, -0.25) is 0 Å². The molecule has 0 atom stereocenters. The summed E-state index contributed by atoms with van der Waals surface area (Å²) in [7, 11) is 2.03. The van der Waals surface area contributed by atoms with Gasteiger partial charge in [0.05, 0.1) is 0 Å². The zero-order valence-electron chi connectivity index (χ0n) is 11.0. The third kappa shape index (κ3) is 3.74. The van der Waals surface area contributed by atoms with Crippen LogP contribution in [0.5, 0.6) is 0 Å². The molecule has 0 unspecified atom stereocenters. The van der Waals surface area contributed by atoms with Crippen molar-refractivity contribution in [1.82, 2.24) is 0 Å². The van der Waals surface area contributed by atoms with E-state index in [4.69, 9.17) is 16.7 Å². The van der Waals surface area contributed by atoms with Gasteiger partial charge in [-0.1, -0.05) is 24.1 Å². The highest BCUT2D eigenvalue weighted by Crippen LogP contribution is 2.31. The van der Waals surface area contributed by atoms with E-state index >= 15 is 0 Å². The Kier molecular flexibility index (Phi) is 4.48. The second kappa shape index (κ2) is 6.11. The number of hydrogen-bond donors (Lipinski definition) is 1. The van der Waals surface area contributed by atoms with E-state index < -0.39 is 5.97 Å². The molecule has 0 bridgehead atoms. The van der Waals surface area contributed by atoms with Crippen LogP contribution in [0.4, 0.5) is 5.69 Å². The average Bonchev–Trinajstić information content (AvgIpc) is 2.31. The van der Waals surface area contributed by atoms with Crippen LogP contribution in [0.3, 0.4) is 0 Å². The molecule has 3 nitrogen and oxygen atoms in total. The minimum atomic E-state index is -0.942. The summed E-state index contributed by atoms with van der Waals surface area (Å²) in [6, 6.07) is 5.53. The van der Waals surface area contributed by atoms with Gasteiger partial charge in [0.2, 0.25) is 0 Å². The van der Waals surface area contributed by atoms with Crippen molar-refractivity contribution in [1.29, 1.82) is 0 Å². The smallest absolute Gasteiger partial charge is 0.328 e. The molecule has 102 valence electrons. The molecular formula is C15H18ClNO2. The van der Waals surface area contributed by atoms with Crippen LogP contribution in [-0.4, -0.2) is 24.7 Å². The molecule has 0 saturated heterocycles. The fraction of sp³-hybridized carbons (Fsp3) is 0.400. The molecule has 0 heterocycles. The molecule has 1 N–H and O–H groups in total. The number of anilines is 1. The quantitative estimate of drug-likeness (QED) is 0.836. The lowest BCUT2D eigenvalue weighted by Crippen LogP contribution is -2.29. The van der Waals surface area contributed by atoms with Crippen LogP contribution >= 0.6 is 11.6 Å². The maximum atomic E-state index is 10.6. The Bertz CT molecular complexity index is 495. The number of carbonyl (C=O) groups is 1. The van der Waals surface area contributed by atoms with Gasteiger partial charge in [0.25, 0.3) is 0 Å². The van der Waals surface area contributed by atoms with Gasteiger partial charge in [-0.25, -0.2) is 4.79 Å². The summed E-state index contributed by atoms with van der Waals surface area (Å²) in [5.74, 6) is -0.192. The van der Waals surface area contributed by atoms with E-state index in [1.807, 2.05) is 19.2 Å². The summed E-state index contributed by atoms with van der Waals surface area (Å²) >= 11 is 6.04. The summed E-state index contributed by atoms with van der Waals surface area (Å²) in [5.41, 5.74) is 1.87. The van der Waals surface area contributed by atoms with Crippen molar-refractivity contribution >= 4 is 29.3 Å². The van der Waals surface area contributed by atoms with E-state index in [1.165, 1.54) is 19.3 Å². The largest absolute Gasteiger partial charge is 0.478 e. The Balaban J connectivity index is 2.20. The number of nitrogens with zero attached hydrogens (tertiary/aromatic N) is 1. The summed E-state index contributed by atoms with van der Waals surface area (Å²) in [5, 5.41) is 9.39. The highest BCUT2D eigenvalue weighted by molar-refractivity contribution is 6.31. The van der Waals surface area contributed by atoms with E-state index in [1.54, 1.807) is 12.1 Å². The minimum Gasteiger partial charge on any atom is -0.478 e. The summed E-state index contributed by atoms with van der Waals surface area (Å²) in [6.45, 7) is 0.994. The lowest BCUT2D eigenvalue weighted by molar-refractivity contribution is -0.131. The summed E-state index contributed by atoms with van der Waals surface area (Å²) < 4.78 is 0. The summed E-state index contributed by atoms with van der Waals surface area (Å²) in [6.07, 6.45) is 6.66. The van der Waals surface area contributed by atoms with Crippen LogP contribution in [-0.2, 0) is 4.79 Å². The monoisotopic (exact) mass is 279 g/mol. The molecule has 0 spiro atoms. The average molecular weight is 280 g/mol. The minimum absolute atomic E-state index is 0.669. The zero-order valence-corrected chi connectivity index (χ0v) is 11.7. The first-order valence-corrected chi connectivity index (χ1v) is 6.86. The Hall–Kier alpha value is -1.48. The van der Waals surface area contributed by atoms with Crippen molar-refractivity contribution in [2.75, 3.05) is 18.5 Å². The van der Waals surface area contributed by atoms with Crippen molar-refractivity contribution in [2.24, 2.45) is 5.92 Å². The topological polar surface area (TPSA) is 40.5 Å². The van der Waals surface area contributed by atoms with Gasteiger partial charge < -0.3 is 10.0 Å². The molecule has 1 aromatic rings. The summed E-state index contributed by atoms with van der Waals surface area (Å²) in [4.78, 5) is 12.8. The van der Waals surface area contributed by atoms with Crippen LogP contribution in [0.1, 0.15) is 24.8 Å². The molecule has 1 aliphatic carbocycles. The number of halogens is 1. The van der Waals surface area contributed by atoms with E-state index in [0.29, 0.717) is 5.02 Å². The van der Waals surface area contributed by atoms with Crippen LogP contribution < -0.4 is 4.90 Å². The molecule has 0 radical (unpaired) electrons. The Morgan fingerprint density at radius 2 is 2.26 bits per heavy atom. The Morgan fingerprint density at radius 3 is 2.84 bits per heavy atom. The first-order valence-electron chi connectivity index (χ1n) is 6.48. The van der Waals surface area contributed by atoms with Crippen molar-refractivity contribution in [3.63, 3.8) is 0 Å². The third-order valence-electron chi connectivity index (χ3n) is 3.57. The first kappa shape index (κ1) is 13.9. The maximum absolute atomic E-state index is 10.6. The van der Waals surface area contributed by atoms with Crippen LogP contribution in [0.25, 0.3) is 6.08 Å². The van der Waals surface area contributed by atoms with E-state index in [9.17, 15) is 4.79 Å². The fourth-order valence-corrected chi connectivity index (χ4v) is 2.48. The highest BCUT2D eigenvalue weighted by Gasteiger charge is 2.20. The van der Waals surface area contributed by atoms with Crippen molar-refractivity contribution < 1.29 is 9.90 Å². The molecule has 1 aliphatic rings. The van der Waals surface area contributed by atoms with Gasteiger partial charge in [0.15, 0.2) is 0 Å². The normalized spacial score (nSPS) is 15.5. The molecule has 0 aliphatic heterocycles. The van der Waals surface area contributed by atoms with E-state index in [0.717, 1.165) is 29.8 Å². The van der Waals surface area contributed by atoms with Crippen LogP contribution in [0.15, 0.2) is 24.3 Å². The predicted molar refractivity (Wildman–Crippen MR) is 78.7 cm³/mol. The van der Waals surface area contributed by atoms with Gasteiger partial charge >= 0.3 is 5.97 Å². The van der Waals surface area contributed by atoms with Gasteiger partial charge in [-0.15, -0.1) is 0 Å². The van der Waals surface area contributed by atoms with E-state index in [2.05, 4.69) is 4.90 Å². The van der Waals surface area contributed by atoms with E-state index in [-0.39, 0.29) is 0 Å². The lowest BCUT2D eigenvalue weighted by atomic mass is 9.85. The first-order chi connectivity index (χ1) is 9.06. The van der Waals surface area contributed by atoms with Crippen molar-refractivity contribution in [3.8, 4) is 0 Å². The highest BCUT2D eigenvalue weighted by atomic mass is 35.5. The molecular weight excluding hydrogens is 262 g/mol. The van der Waals surface area contributed by atoms with Crippen LogP contribution in [0.2, 0.25) is 5.02 Å². The predicted octanol–water partition coefficient (Wildman–Crippen LogP) is 3.67. The van der Waals surface area contributed by atoms with Gasteiger partial charge in [0.1, 0.15) is 0 Å². The number of carboxylic acids is 1.